The molecule has 0 N–H and O–H groups in total. The van der Waals surface area contributed by atoms with Crippen molar-refractivity contribution < 1.29 is 20.1 Å². The number of hydrogen-bond donors (Lipinski definition) is 0. The molecule has 0 amide bonds. The van der Waals surface area contributed by atoms with Gasteiger partial charge in [0.05, 0.1) is 0 Å². The number of benzene rings is 6. The molecule has 6 rings (SSSR count). The Morgan fingerprint density at radius 1 is 0.357 bits per heavy atom. The van der Waals surface area contributed by atoms with Gasteiger partial charge in [0, 0.05) is 20.1 Å². The van der Waals surface area contributed by atoms with Gasteiger partial charge < -0.3 is 0 Å². The zero-order valence-electron chi connectivity index (χ0n) is 23.2. The van der Waals surface area contributed by atoms with Crippen molar-refractivity contribution in [2.45, 2.75) is 5.12 Å². The van der Waals surface area contributed by atoms with E-state index in [1.807, 2.05) is 0 Å². The third-order valence-corrected chi connectivity index (χ3v) is 18.3. The van der Waals surface area contributed by atoms with Gasteiger partial charge in [0.15, 0.2) is 5.12 Å². The predicted molar refractivity (Wildman–Crippen MR) is 185 cm³/mol. The van der Waals surface area contributed by atoms with Gasteiger partial charge in [0.2, 0.25) is 0 Å². The maximum Gasteiger partial charge on any atom is 0.190 e. The summed E-state index contributed by atoms with van der Waals surface area (Å²) in [5.41, 5.74) is 0. The molecule has 6 aromatic rings. The largest absolute Gasteiger partial charge is 0.190 e. The molecule has 6 aromatic carbocycles. The van der Waals surface area contributed by atoms with Gasteiger partial charge in [0.25, 0.3) is 0 Å². The van der Waals surface area contributed by atoms with Crippen molar-refractivity contribution in [3.63, 3.8) is 0 Å². The summed E-state index contributed by atoms with van der Waals surface area (Å²) >= 11 is 8.12. The summed E-state index contributed by atoms with van der Waals surface area (Å²) in [6, 6.07) is 66.2. The van der Waals surface area contributed by atoms with E-state index in [9.17, 15) is 0 Å². The molecule has 0 aliphatic heterocycles. The average Bonchev–Trinajstić information content (AvgIpc) is 3.07. The van der Waals surface area contributed by atoms with Gasteiger partial charge in [-0.05, 0) is 72.8 Å². The van der Waals surface area contributed by atoms with Crippen LogP contribution in [0.5, 0.6) is 0 Å². The summed E-state index contributed by atoms with van der Waals surface area (Å²) in [4.78, 5) is 0. The van der Waals surface area contributed by atoms with Gasteiger partial charge >= 0.3 is 0 Å². The smallest absolute Gasteiger partial charge is 0.0731 e. The van der Waals surface area contributed by atoms with Gasteiger partial charge in [-0.2, -0.15) is 0 Å². The molecule has 0 nitrogen and oxygen atoms in total. The van der Waals surface area contributed by atoms with Crippen molar-refractivity contribution in [1.82, 2.24) is 0 Å². The summed E-state index contributed by atoms with van der Waals surface area (Å²) in [5.74, 6) is 0. The molecule has 0 aliphatic carbocycles. The topological polar surface area (TPSA) is 0 Å². The summed E-state index contributed by atoms with van der Waals surface area (Å²) in [5, 5.41) is 7.84. The quantitative estimate of drug-likeness (QED) is 0.105. The average molecular weight is 779 g/mol. The van der Waals surface area contributed by atoms with E-state index in [4.69, 9.17) is 11.6 Å². The normalized spacial score (nSPS) is 12.2. The summed E-state index contributed by atoms with van der Waals surface area (Å²) in [6.45, 7) is 0. The van der Waals surface area contributed by atoms with Crippen molar-refractivity contribution in [2.24, 2.45) is 0 Å². The molecule has 0 aliphatic rings. The second-order valence-electron chi connectivity index (χ2n) is 10.2. The minimum Gasteiger partial charge on any atom is -0.0731 e. The van der Waals surface area contributed by atoms with Crippen LogP contribution in [-0.2, 0) is 20.1 Å². The van der Waals surface area contributed by atoms with E-state index >= 15 is 0 Å². The molecule has 0 spiro atoms. The molecule has 0 bridgehead atoms. The van der Waals surface area contributed by atoms with Crippen LogP contribution in [0.4, 0.5) is 0 Å². The molecule has 1 unspecified atom stereocenters. The summed E-state index contributed by atoms with van der Waals surface area (Å²) < 4.78 is 0. The van der Waals surface area contributed by atoms with Crippen LogP contribution in [0.1, 0.15) is 0 Å². The Labute approximate surface area is 269 Å². The molecule has 1 radical (unpaired) electrons. The first-order valence-electron chi connectivity index (χ1n) is 14.0. The summed E-state index contributed by atoms with van der Waals surface area (Å²) in [7, 11) is -4.48. The van der Waals surface area contributed by atoms with Crippen molar-refractivity contribution in [1.29, 1.82) is 0 Å². The number of hydrogen-bond acceptors (Lipinski definition) is 0. The van der Waals surface area contributed by atoms with E-state index in [1.54, 1.807) is 0 Å². The van der Waals surface area contributed by atoms with E-state index in [2.05, 4.69) is 182 Å². The number of alkyl halides is 1. The monoisotopic (exact) mass is 779 g/mol. The molecule has 0 aromatic heterocycles. The second kappa shape index (κ2) is 14.1. The summed E-state index contributed by atoms with van der Waals surface area (Å²) in [6.07, 6.45) is 0.832. The zero-order chi connectivity index (χ0) is 28.0. The van der Waals surface area contributed by atoms with Crippen molar-refractivity contribution in [2.75, 3.05) is 6.16 Å². The third-order valence-electron chi connectivity index (χ3n) is 7.93. The first-order chi connectivity index (χ1) is 20.3. The second-order valence-corrected chi connectivity index (χ2v) is 18.1. The van der Waals surface area contributed by atoms with E-state index in [-0.39, 0.29) is 25.2 Å². The minimum absolute atomic E-state index is 0. The van der Waals surface area contributed by atoms with Crippen molar-refractivity contribution in [3.05, 3.63) is 182 Å². The van der Waals surface area contributed by atoms with Crippen molar-refractivity contribution in [3.8, 4) is 0 Å². The van der Waals surface area contributed by atoms with Gasteiger partial charge in [-0.3, -0.25) is 0 Å². The van der Waals surface area contributed by atoms with Gasteiger partial charge in [-0.1, -0.05) is 121 Å². The Morgan fingerprint density at radius 3 is 0.810 bits per heavy atom. The molecule has 0 fully saturated rings. The fraction of sp³-hybridized carbons (Fsp3) is 0.0526. The van der Waals surface area contributed by atoms with Crippen LogP contribution < -0.4 is 31.8 Å². The van der Waals surface area contributed by atoms with E-state index in [0.717, 1.165) is 6.16 Å². The SMILES string of the molecule is ClC(C[P+](c1ccccc1)(c1ccccc1)c1ccccc1)[P+](c1ccccc1)(c1ccccc1)c1ccccc1.[Ir]. The van der Waals surface area contributed by atoms with Gasteiger partial charge in [0.1, 0.15) is 52.5 Å². The molecule has 42 heavy (non-hydrogen) atoms. The fourth-order valence-corrected chi connectivity index (χ4v) is 17.2. The Balaban J connectivity index is 0.00000353. The Kier molecular flexibility index (Phi) is 10.2. The molecule has 209 valence electrons. The van der Waals surface area contributed by atoms with Crippen LogP contribution >= 0.6 is 26.1 Å². The zero-order valence-corrected chi connectivity index (χ0v) is 28.2. The molecular weight excluding hydrogens is 746 g/mol. The molecule has 0 saturated heterocycles. The van der Waals surface area contributed by atoms with Gasteiger partial charge in [-0.25, -0.2) is 0 Å². The Morgan fingerprint density at radius 2 is 0.571 bits per heavy atom. The number of halogens is 1. The van der Waals surface area contributed by atoms with E-state index in [1.165, 1.54) is 31.8 Å². The van der Waals surface area contributed by atoms with Crippen LogP contribution in [0.2, 0.25) is 0 Å². The number of rotatable bonds is 9. The van der Waals surface area contributed by atoms with Crippen LogP contribution in [0.25, 0.3) is 0 Å². The molecule has 4 heteroatoms. The minimum atomic E-state index is -2.31. The maximum atomic E-state index is 8.12. The third kappa shape index (κ3) is 5.71. The van der Waals surface area contributed by atoms with E-state index < -0.39 is 14.5 Å². The predicted octanol–water partition coefficient (Wildman–Crippen LogP) is 7.54. The van der Waals surface area contributed by atoms with Crippen LogP contribution in [-0.4, -0.2) is 11.3 Å². The first-order valence-corrected chi connectivity index (χ1v) is 18.3. The maximum absolute atomic E-state index is 8.12. The Hall–Kier alpha value is -2.88. The van der Waals surface area contributed by atoms with Crippen LogP contribution in [0, 0.1) is 0 Å². The fourth-order valence-electron chi connectivity index (χ4n) is 6.08. The van der Waals surface area contributed by atoms with Crippen LogP contribution in [0.3, 0.4) is 0 Å². The molecule has 0 heterocycles. The van der Waals surface area contributed by atoms with E-state index in [0.29, 0.717) is 0 Å². The van der Waals surface area contributed by atoms with Crippen LogP contribution in [0.15, 0.2) is 182 Å². The molecule has 0 saturated carbocycles. The van der Waals surface area contributed by atoms with Gasteiger partial charge in [-0.15, -0.1) is 0 Å². The molecular formula is C38H33ClIrP2+2. The standard InChI is InChI=1S/C38H33ClP2.Ir/c39-38(41(35-25-13-4-14-26-35,36-27-15-5-16-28-36)37-29-17-6-18-30-37)31-40(32-19-7-1-8-20-32,33-21-9-2-10-22-33)34-23-11-3-12-24-34;/h1-30,38H,31H2;/q+2;. The first kappa shape index (κ1) is 30.6. The van der Waals surface area contributed by atoms with Crippen molar-refractivity contribution >= 4 is 58.0 Å². The molecule has 1 atom stereocenters. The Bertz CT molecular complexity index is 1460.